The van der Waals surface area contributed by atoms with E-state index in [1.54, 1.807) is 0 Å². The third-order valence-corrected chi connectivity index (χ3v) is 1.77. The van der Waals surface area contributed by atoms with Crippen molar-refractivity contribution in [1.82, 2.24) is 0 Å². The molecule has 1 rings (SSSR count). The minimum atomic E-state index is 0.259. The van der Waals surface area contributed by atoms with Crippen LogP contribution in [0.4, 0.5) is 0 Å². The van der Waals surface area contributed by atoms with Gasteiger partial charge < -0.3 is 4.74 Å². The van der Waals surface area contributed by atoms with Crippen molar-refractivity contribution >= 4 is 5.90 Å². The molecule has 0 bridgehead atoms. The molecule has 2 nitrogen and oxygen atoms in total. The summed E-state index contributed by atoms with van der Waals surface area (Å²) in [5.41, 5.74) is 3.19. The molecule has 0 unspecified atom stereocenters. The molecule has 0 aliphatic heterocycles. The van der Waals surface area contributed by atoms with Gasteiger partial charge in [0.15, 0.2) is 0 Å². The largest absolute Gasteiger partial charge is 0.478 e. The van der Waals surface area contributed by atoms with Gasteiger partial charge in [0.1, 0.15) is 0 Å². The van der Waals surface area contributed by atoms with E-state index in [2.05, 4.69) is 6.07 Å². The van der Waals surface area contributed by atoms with Gasteiger partial charge in [-0.1, -0.05) is 17.2 Å². The van der Waals surface area contributed by atoms with E-state index >= 15 is 0 Å². The van der Waals surface area contributed by atoms with Gasteiger partial charge in [-0.2, -0.15) is 0 Å². The molecule has 70 valence electrons. The van der Waals surface area contributed by atoms with Crippen LogP contribution < -0.4 is 0 Å². The van der Waals surface area contributed by atoms with Crippen molar-refractivity contribution in [2.75, 3.05) is 6.61 Å². The number of aryl methyl sites for hydroxylation is 2. The van der Waals surface area contributed by atoms with Crippen LogP contribution in [0.1, 0.15) is 23.6 Å². The molecule has 0 heterocycles. The number of hydrogen-bond donors (Lipinski definition) is 1. The molecule has 0 spiro atoms. The molecule has 0 aromatic heterocycles. The van der Waals surface area contributed by atoms with Crippen LogP contribution in [0.15, 0.2) is 18.2 Å². The summed E-state index contributed by atoms with van der Waals surface area (Å²) < 4.78 is 5.12. The maximum absolute atomic E-state index is 7.60. The van der Waals surface area contributed by atoms with E-state index in [0.29, 0.717) is 6.61 Å². The lowest BCUT2D eigenvalue weighted by Crippen LogP contribution is -2.05. The average Bonchev–Trinajstić information content (AvgIpc) is 2.03. The lowest BCUT2D eigenvalue weighted by atomic mass is 10.1. The number of hydrogen-bond acceptors (Lipinski definition) is 2. The summed E-state index contributed by atoms with van der Waals surface area (Å²) in [6.07, 6.45) is 0. The Morgan fingerprint density at radius 2 is 1.77 bits per heavy atom. The first-order valence-corrected chi connectivity index (χ1v) is 4.43. The second-order valence-corrected chi connectivity index (χ2v) is 3.14. The maximum Gasteiger partial charge on any atom is 0.213 e. The molecule has 1 aromatic carbocycles. The molecule has 0 saturated heterocycles. The van der Waals surface area contributed by atoms with Gasteiger partial charge in [-0.3, -0.25) is 5.41 Å². The highest BCUT2D eigenvalue weighted by molar-refractivity contribution is 5.91. The third kappa shape index (κ3) is 2.58. The highest BCUT2D eigenvalue weighted by Crippen LogP contribution is 2.09. The normalized spacial score (nSPS) is 9.77. The van der Waals surface area contributed by atoms with Gasteiger partial charge in [0.05, 0.1) is 6.61 Å². The number of benzene rings is 1. The Bertz CT molecular complexity index is 298. The quantitative estimate of drug-likeness (QED) is 0.546. The third-order valence-electron chi connectivity index (χ3n) is 1.77. The molecule has 0 atom stereocenters. The molecule has 0 amide bonds. The highest BCUT2D eigenvalue weighted by Gasteiger charge is 2.02. The van der Waals surface area contributed by atoms with Crippen molar-refractivity contribution in [3.8, 4) is 0 Å². The summed E-state index contributed by atoms with van der Waals surface area (Å²) in [6.45, 7) is 6.48. The first-order valence-electron chi connectivity index (χ1n) is 4.43. The van der Waals surface area contributed by atoms with Crippen LogP contribution in [0.25, 0.3) is 0 Å². The summed E-state index contributed by atoms with van der Waals surface area (Å²) in [7, 11) is 0. The van der Waals surface area contributed by atoms with E-state index in [4.69, 9.17) is 10.1 Å². The average molecular weight is 177 g/mol. The van der Waals surface area contributed by atoms with Crippen molar-refractivity contribution in [3.05, 3.63) is 34.9 Å². The fourth-order valence-electron chi connectivity index (χ4n) is 1.33. The zero-order valence-corrected chi connectivity index (χ0v) is 8.35. The first kappa shape index (κ1) is 9.78. The molecule has 0 radical (unpaired) electrons. The zero-order valence-electron chi connectivity index (χ0n) is 8.35. The SMILES string of the molecule is CCOC(=N)c1cc(C)cc(C)c1. The van der Waals surface area contributed by atoms with Gasteiger partial charge in [0, 0.05) is 5.56 Å². The van der Waals surface area contributed by atoms with Crippen molar-refractivity contribution < 1.29 is 4.74 Å². The molecule has 13 heavy (non-hydrogen) atoms. The van der Waals surface area contributed by atoms with Crippen LogP contribution in [0.3, 0.4) is 0 Å². The summed E-state index contributed by atoms with van der Waals surface area (Å²) >= 11 is 0. The molecule has 0 aliphatic rings. The Hall–Kier alpha value is -1.31. The summed E-state index contributed by atoms with van der Waals surface area (Å²) in [4.78, 5) is 0. The molecule has 2 heteroatoms. The predicted octanol–water partition coefficient (Wildman–Crippen LogP) is 2.67. The van der Waals surface area contributed by atoms with Crippen LogP contribution in [0.2, 0.25) is 0 Å². The topological polar surface area (TPSA) is 33.1 Å². The Morgan fingerprint density at radius 3 is 2.23 bits per heavy atom. The van der Waals surface area contributed by atoms with Crippen LogP contribution in [0, 0.1) is 19.3 Å². The van der Waals surface area contributed by atoms with Crippen LogP contribution >= 0.6 is 0 Å². The minimum Gasteiger partial charge on any atom is -0.478 e. The number of ether oxygens (including phenoxy) is 1. The molecule has 1 aromatic rings. The minimum absolute atomic E-state index is 0.259. The molecule has 0 aliphatic carbocycles. The Labute approximate surface area is 79.1 Å². The molecule has 1 N–H and O–H groups in total. The lowest BCUT2D eigenvalue weighted by molar-refractivity contribution is 0.325. The lowest BCUT2D eigenvalue weighted by Gasteiger charge is -2.06. The van der Waals surface area contributed by atoms with Gasteiger partial charge >= 0.3 is 0 Å². The molecular formula is C11H15NO. The summed E-state index contributed by atoms with van der Waals surface area (Å²) in [6, 6.07) is 6.01. The molecule has 0 saturated carbocycles. The monoisotopic (exact) mass is 177 g/mol. The molecular weight excluding hydrogens is 162 g/mol. The van der Waals surface area contributed by atoms with Gasteiger partial charge in [-0.05, 0) is 32.9 Å². The summed E-state index contributed by atoms with van der Waals surface area (Å²) in [5, 5.41) is 7.60. The Balaban J connectivity index is 2.94. The second-order valence-electron chi connectivity index (χ2n) is 3.14. The smallest absolute Gasteiger partial charge is 0.213 e. The molecule has 0 fully saturated rings. The fourth-order valence-corrected chi connectivity index (χ4v) is 1.33. The Morgan fingerprint density at radius 1 is 1.23 bits per heavy atom. The predicted molar refractivity (Wildman–Crippen MR) is 54.4 cm³/mol. The van der Waals surface area contributed by atoms with Gasteiger partial charge in [0.2, 0.25) is 5.90 Å². The summed E-state index contributed by atoms with van der Waals surface area (Å²) in [5.74, 6) is 0.259. The Kier molecular flexibility index (Phi) is 3.07. The van der Waals surface area contributed by atoms with Crippen molar-refractivity contribution in [2.45, 2.75) is 20.8 Å². The van der Waals surface area contributed by atoms with E-state index in [9.17, 15) is 0 Å². The fraction of sp³-hybridized carbons (Fsp3) is 0.364. The van der Waals surface area contributed by atoms with E-state index < -0.39 is 0 Å². The van der Waals surface area contributed by atoms with Gasteiger partial charge in [0.25, 0.3) is 0 Å². The van der Waals surface area contributed by atoms with E-state index in [0.717, 1.165) is 5.56 Å². The van der Waals surface area contributed by atoms with Crippen molar-refractivity contribution in [1.29, 1.82) is 5.41 Å². The standard InChI is InChI=1S/C11H15NO/c1-4-13-11(12)10-6-8(2)5-9(3)7-10/h5-7,12H,4H2,1-3H3. The van der Waals surface area contributed by atoms with Crippen molar-refractivity contribution in [3.63, 3.8) is 0 Å². The van der Waals surface area contributed by atoms with Crippen LogP contribution in [0.5, 0.6) is 0 Å². The second kappa shape index (κ2) is 4.08. The van der Waals surface area contributed by atoms with E-state index in [-0.39, 0.29) is 5.90 Å². The van der Waals surface area contributed by atoms with Crippen LogP contribution in [-0.2, 0) is 4.74 Å². The van der Waals surface area contributed by atoms with E-state index in [1.807, 2.05) is 32.9 Å². The first-order chi connectivity index (χ1) is 6.13. The van der Waals surface area contributed by atoms with Gasteiger partial charge in [-0.25, -0.2) is 0 Å². The zero-order chi connectivity index (χ0) is 9.84. The van der Waals surface area contributed by atoms with E-state index in [1.165, 1.54) is 11.1 Å². The van der Waals surface area contributed by atoms with Gasteiger partial charge in [-0.15, -0.1) is 0 Å². The van der Waals surface area contributed by atoms with Crippen LogP contribution in [-0.4, -0.2) is 12.5 Å². The number of nitrogens with one attached hydrogen (secondary N) is 1. The maximum atomic E-state index is 7.60. The number of rotatable bonds is 2. The van der Waals surface area contributed by atoms with Crippen molar-refractivity contribution in [2.24, 2.45) is 0 Å². The highest BCUT2D eigenvalue weighted by atomic mass is 16.5.